The second-order valence-corrected chi connectivity index (χ2v) is 6.14. The van der Waals surface area contributed by atoms with Crippen LogP contribution < -0.4 is 10.2 Å². The summed E-state index contributed by atoms with van der Waals surface area (Å²) in [5.74, 6) is 0.749. The van der Waals surface area contributed by atoms with E-state index in [2.05, 4.69) is 67.3 Å². The van der Waals surface area contributed by atoms with Gasteiger partial charge in [0.15, 0.2) is 0 Å². The summed E-state index contributed by atoms with van der Waals surface area (Å²) in [6.07, 6.45) is 2.68. The van der Waals surface area contributed by atoms with Gasteiger partial charge in [-0.1, -0.05) is 19.1 Å². The van der Waals surface area contributed by atoms with E-state index in [0.717, 1.165) is 5.92 Å². The van der Waals surface area contributed by atoms with Crippen LogP contribution in [0.5, 0.6) is 0 Å². The van der Waals surface area contributed by atoms with Gasteiger partial charge >= 0.3 is 0 Å². The standard InChI is InChI=1S/C17H29N3/c1-5-20-12-8-9-15(13-20)14(2)18-16-10-6-7-11-17(16)19(3)4/h6-7,10-11,14-15,18H,5,8-9,12-13H2,1-4H3. The first-order valence-corrected chi connectivity index (χ1v) is 7.87. The van der Waals surface area contributed by atoms with Crippen molar-refractivity contribution < 1.29 is 0 Å². The lowest BCUT2D eigenvalue weighted by Crippen LogP contribution is -2.41. The Morgan fingerprint density at radius 3 is 2.80 bits per heavy atom. The number of nitrogens with zero attached hydrogens (tertiary/aromatic N) is 2. The topological polar surface area (TPSA) is 18.5 Å². The van der Waals surface area contributed by atoms with Crippen molar-refractivity contribution in [2.45, 2.75) is 32.7 Å². The summed E-state index contributed by atoms with van der Waals surface area (Å²) in [7, 11) is 4.20. The summed E-state index contributed by atoms with van der Waals surface area (Å²) in [4.78, 5) is 4.75. The van der Waals surface area contributed by atoms with Gasteiger partial charge in [0, 0.05) is 26.7 Å². The summed E-state index contributed by atoms with van der Waals surface area (Å²) >= 11 is 0. The lowest BCUT2D eigenvalue weighted by atomic mass is 9.91. The SMILES string of the molecule is CCN1CCCC(C(C)Nc2ccccc2N(C)C)C1. The quantitative estimate of drug-likeness (QED) is 0.889. The van der Waals surface area contributed by atoms with Crippen LogP contribution in [0.4, 0.5) is 11.4 Å². The van der Waals surface area contributed by atoms with E-state index in [-0.39, 0.29) is 0 Å². The molecule has 0 radical (unpaired) electrons. The van der Waals surface area contributed by atoms with E-state index in [1.807, 2.05) is 0 Å². The van der Waals surface area contributed by atoms with E-state index in [0.29, 0.717) is 6.04 Å². The van der Waals surface area contributed by atoms with Crippen LogP contribution in [0.3, 0.4) is 0 Å². The van der Waals surface area contributed by atoms with Crippen LogP contribution >= 0.6 is 0 Å². The minimum atomic E-state index is 0.519. The molecule has 2 atom stereocenters. The molecule has 2 rings (SSSR count). The second kappa shape index (κ2) is 6.98. The number of nitrogens with one attached hydrogen (secondary N) is 1. The number of likely N-dealkylation sites (tertiary alicyclic amines) is 1. The smallest absolute Gasteiger partial charge is 0.0596 e. The zero-order chi connectivity index (χ0) is 14.5. The maximum absolute atomic E-state index is 3.74. The van der Waals surface area contributed by atoms with Gasteiger partial charge in [0.2, 0.25) is 0 Å². The second-order valence-electron chi connectivity index (χ2n) is 6.14. The lowest BCUT2D eigenvalue weighted by molar-refractivity contribution is 0.172. The molecular weight excluding hydrogens is 246 g/mol. The van der Waals surface area contributed by atoms with Crippen molar-refractivity contribution in [1.82, 2.24) is 4.90 Å². The molecule has 0 saturated carbocycles. The Morgan fingerprint density at radius 1 is 1.35 bits per heavy atom. The van der Waals surface area contributed by atoms with E-state index < -0.39 is 0 Å². The Labute approximate surface area is 124 Å². The largest absolute Gasteiger partial charge is 0.381 e. The minimum Gasteiger partial charge on any atom is -0.381 e. The Kier molecular flexibility index (Phi) is 5.30. The predicted octanol–water partition coefficient (Wildman–Crippen LogP) is 3.28. The first-order valence-electron chi connectivity index (χ1n) is 7.87. The predicted molar refractivity (Wildman–Crippen MR) is 88.7 cm³/mol. The molecule has 1 aliphatic rings. The summed E-state index contributed by atoms with van der Waals surface area (Å²) in [6, 6.07) is 9.09. The number of hydrogen-bond acceptors (Lipinski definition) is 3. The molecule has 2 unspecified atom stereocenters. The van der Waals surface area contributed by atoms with Crippen LogP contribution in [0.2, 0.25) is 0 Å². The molecule has 3 heteroatoms. The molecule has 1 saturated heterocycles. The van der Waals surface area contributed by atoms with E-state index in [4.69, 9.17) is 0 Å². The fourth-order valence-corrected chi connectivity index (χ4v) is 3.14. The maximum atomic E-state index is 3.74. The molecule has 0 spiro atoms. The Hall–Kier alpha value is -1.22. The third-order valence-corrected chi connectivity index (χ3v) is 4.47. The highest BCUT2D eigenvalue weighted by Gasteiger charge is 2.24. The maximum Gasteiger partial charge on any atom is 0.0596 e. The van der Waals surface area contributed by atoms with Crippen molar-refractivity contribution in [3.8, 4) is 0 Å². The Balaban J connectivity index is 2.02. The molecule has 1 aliphatic heterocycles. The molecule has 112 valence electrons. The van der Waals surface area contributed by atoms with Gasteiger partial charge in [0.05, 0.1) is 11.4 Å². The number of anilines is 2. The van der Waals surface area contributed by atoms with Crippen LogP contribution in [0.1, 0.15) is 26.7 Å². The van der Waals surface area contributed by atoms with E-state index in [9.17, 15) is 0 Å². The highest BCUT2D eigenvalue weighted by atomic mass is 15.1. The first-order chi connectivity index (χ1) is 9.61. The third kappa shape index (κ3) is 3.66. The number of hydrogen-bond donors (Lipinski definition) is 1. The van der Waals surface area contributed by atoms with E-state index >= 15 is 0 Å². The fourth-order valence-electron chi connectivity index (χ4n) is 3.14. The van der Waals surface area contributed by atoms with Crippen molar-refractivity contribution in [1.29, 1.82) is 0 Å². The molecule has 1 aromatic rings. The van der Waals surface area contributed by atoms with Gasteiger partial charge in [0.1, 0.15) is 0 Å². The van der Waals surface area contributed by atoms with E-state index in [1.165, 1.54) is 43.9 Å². The molecule has 1 heterocycles. The summed E-state index contributed by atoms with van der Waals surface area (Å²) < 4.78 is 0. The van der Waals surface area contributed by atoms with Crippen LogP contribution in [0, 0.1) is 5.92 Å². The molecule has 3 nitrogen and oxygen atoms in total. The molecule has 1 fully saturated rings. The Bertz CT molecular complexity index is 416. The van der Waals surface area contributed by atoms with Crippen LogP contribution in [0.15, 0.2) is 24.3 Å². The average Bonchev–Trinajstić information content (AvgIpc) is 2.47. The summed E-state index contributed by atoms with van der Waals surface area (Å²) in [6.45, 7) is 8.28. The molecule has 1 aromatic carbocycles. The monoisotopic (exact) mass is 275 g/mol. The molecule has 1 N–H and O–H groups in total. The van der Waals surface area contributed by atoms with Crippen LogP contribution in [-0.4, -0.2) is 44.7 Å². The number of piperidine rings is 1. The van der Waals surface area contributed by atoms with Crippen molar-refractivity contribution in [2.24, 2.45) is 5.92 Å². The average molecular weight is 275 g/mol. The van der Waals surface area contributed by atoms with Gasteiger partial charge in [-0.3, -0.25) is 0 Å². The molecule has 0 aliphatic carbocycles. The van der Waals surface area contributed by atoms with Crippen LogP contribution in [0.25, 0.3) is 0 Å². The Morgan fingerprint density at radius 2 is 2.10 bits per heavy atom. The normalized spacial score (nSPS) is 21.5. The van der Waals surface area contributed by atoms with Crippen LogP contribution in [-0.2, 0) is 0 Å². The van der Waals surface area contributed by atoms with Crippen molar-refractivity contribution in [2.75, 3.05) is 43.9 Å². The van der Waals surface area contributed by atoms with Gasteiger partial charge in [0.25, 0.3) is 0 Å². The zero-order valence-corrected chi connectivity index (χ0v) is 13.4. The van der Waals surface area contributed by atoms with Gasteiger partial charge in [-0.05, 0) is 50.9 Å². The summed E-state index contributed by atoms with van der Waals surface area (Å²) in [5.41, 5.74) is 2.51. The number of benzene rings is 1. The fraction of sp³-hybridized carbons (Fsp3) is 0.647. The number of para-hydroxylation sites is 2. The molecule has 0 bridgehead atoms. The summed E-state index contributed by atoms with van der Waals surface area (Å²) in [5, 5.41) is 3.74. The molecule has 20 heavy (non-hydrogen) atoms. The van der Waals surface area contributed by atoms with Crippen molar-refractivity contribution in [3.05, 3.63) is 24.3 Å². The first kappa shape index (κ1) is 15.2. The zero-order valence-electron chi connectivity index (χ0n) is 13.4. The van der Waals surface area contributed by atoms with E-state index in [1.54, 1.807) is 0 Å². The van der Waals surface area contributed by atoms with Gasteiger partial charge < -0.3 is 15.1 Å². The molecule has 0 amide bonds. The molecule has 0 aromatic heterocycles. The third-order valence-electron chi connectivity index (χ3n) is 4.47. The number of rotatable bonds is 5. The molecular formula is C17H29N3. The van der Waals surface area contributed by atoms with Gasteiger partial charge in [-0.2, -0.15) is 0 Å². The van der Waals surface area contributed by atoms with Gasteiger partial charge in [-0.25, -0.2) is 0 Å². The lowest BCUT2D eigenvalue weighted by Gasteiger charge is -2.36. The van der Waals surface area contributed by atoms with Gasteiger partial charge in [-0.15, -0.1) is 0 Å². The van der Waals surface area contributed by atoms with Crippen molar-refractivity contribution in [3.63, 3.8) is 0 Å². The highest BCUT2D eigenvalue weighted by molar-refractivity contribution is 5.69. The highest BCUT2D eigenvalue weighted by Crippen LogP contribution is 2.27. The van der Waals surface area contributed by atoms with Crippen molar-refractivity contribution >= 4 is 11.4 Å². The minimum absolute atomic E-state index is 0.519.